The first-order chi connectivity index (χ1) is 11.9. The van der Waals surface area contributed by atoms with Gasteiger partial charge in [-0.1, -0.05) is 12.1 Å². The van der Waals surface area contributed by atoms with Crippen molar-refractivity contribution in [1.82, 2.24) is 9.47 Å². The van der Waals surface area contributed by atoms with Gasteiger partial charge < -0.3 is 18.9 Å². The van der Waals surface area contributed by atoms with Crippen LogP contribution in [0.4, 0.5) is 0 Å². The van der Waals surface area contributed by atoms with E-state index >= 15 is 0 Å². The molecule has 5 heteroatoms. The number of methoxy groups -OCH3 is 1. The van der Waals surface area contributed by atoms with E-state index in [1.807, 2.05) is 67.7 Å². The maximum absolute atomic E-state index is 13.3. The number of aromatic nitrogens is 1. The Morgan fingerprint density at radius 2 is 1.76 bits per heavy atom. The van der Waals surface area contributed by atoms with Gasteiger partial charge in [-0.15, -0.1) is 0 Å². The van der Waals surface area contributed by atoms with E-state index in [4.69, 9.17) is 9.47 Å². The van der Waals surface area contributed by atoms with E-state index in [1.165, 1.54) is 0 Å². The predicted molar refractivity (Wildman–Crippen MR) is 98.1 cm³/mol. The van der Waals surface area contributed by atoms with Crippen LogP contribution in [0.3, 0.4) is 0 Å². The highest BCUT2D eigenvalue weighted by molar-refractivity contribution is 6.00. The summed E-state index contributed by atoms with van der Waals surface area (Å²) in [6, 6.07) is 7.86. The Kier molecular flexibility index (Phi) is 4.86. The first-order valence-corrected chi connectivity index (χ1v) is 8.65. The molecule has 3 rings (SSSR count). The van der Waals surface area contributed by atoms with Gasteiger partial charge in [-0.3, -0.25) is 4.79 Å². The molecule has 1 aliphatic heterocycles. The van der Waals surface area contributed by atoms with Gasteiger partial charge in [0.2, 0.25) is 0 Å². The topological polar surface area (TPSA) is 43.7 Å². The molecular formula is C20H26N2O3. The third-order valence-electron chi connectivity index (χ3n) is 4.66. The molecule has 1 aromatic carbocycles. The van der Waals surface area contributed by atoms with Crippen molar-refractivity contribution in [2.24, 2.45) is 7.05 Å². The van der Waals surface area contributed by atoms with Crippen molar-refractivity contribution in [3.05, 3.63) is 41.7 Å². The van der Waals surface area contributed by atoms with Crippen LogP contribution in [0.25, 0.3) is 11.1 Å². The number of amides is 1. The van der Waals surface area contributed by atoms with Crippen LogP contribution in [0.5, 0.6) is 5.75 Å². The number of morpholine rings is 1. The van der Waals surface area contributed by atoms with E-state index < -0.39 is 0 Å². The quantitative estimate of drug-likeness (QED) is 0.860. The zero-order chi connectivity index (χ0) is 18.1. The standard InChI is InChI=1S/C20H26N2O3/c1-13-10-21(4)19(18(13)16-6-8-17(24-5)9-7-16)20(23)22-11-14(2)25-15(3)12-22/h6-10,14-15H,11-12H2,1-5H3. The molecule has 2 atom stereocenters. The average Bonchev–Trinajstić information content (AvgIpc) is 2.87. The second-order valence-corrected chi connectivity index (χ2v) is 6.84. The number of nitrogens with zero attached hydrogens (tertiary/aromatic N) is 2. The van der Waals surface area contributed by atoms with Crippen LogP contribution >= 0.6 is 0 Å². The van der Waals surface area contributed by atoms with Crippen molar-refractivity contribution in [1.29, 1.82) is 0 Å². The number of rotatable bonds is 3. The Morgan fingerprint density at radius 3 is 2.32 bits per heavy atom. The van der Waals surface area contributed by atoms with Gasteiger partial charge in [0.15, 0.2) is 0 Å². The summed E-state index contributed by atoms with van der Waals surface area (Å²) in [6.45, 7) is 7.30. The monoisotopic (exact) mass is 342 g/mol. The van der Waals surface area contributed by atoms with Gasteiger partial charge in [-0.05, 0) is 44.0 Å². The molecule has 25 heavy (non-hydrogen) atoms. The van der Waals surface area contributed by atoms with Gasteiger partial charge in [-0.2, -0.15) is 0 Å². The Morgan fingerprint density at radius 1 is 1.16 bits per heavy atom. The molecule has 0 saturated carbocycles. The van der Waals surface area contributed by atoms with Crippen molar-refractivity contribution in [2.45, 2.75) is 33.0 Å². The predicted octanol–water partition coefficient (Wildman–Crippen LogP) is 3.26. The number of hydrogen-bond acceptors (Lipinski definition) is 3. The van der Waals surface area contributed by atoms with Gasteiger partial charge in [0, 0.05) is 31.9 Å². The van der Waals surface area contributed by atoms with Crippen LogP contribution in [0.2, 0.25) is 0 Å². The molecule has 1 aromatic heterocycles. The molecule has 134 valence electrons. The minimum Gasteiger partial charge on any atom is -0.497 e. The fourth-order valence-electron chi connectivity index (χ4n) is 3.66. The molecule has 1 saturated heterocycles. The van der Waals surface area contributed by atoms with Crippen molar-refractivity contribution in [3.8, 4) is 16.9 Å². The van der Waals surface area contributed by atoms with Crippen molar-refractivity contribution in [2.75, 3.05) is 20.2 Å². The molecule has 5 nitrogen and oxygen atoms in total. The molecular weight excluding hydrogens is 316 g/mol. The summed E-state index contributed by atoms with van der Waals surface area (Å²) in [7, 11) is 3.58. The maximum atomic E-state index is 13.3. The van der Waals surface area contributed by atoms with Crippen molar-refractivity contribution in [3.63, 3.8) is 0 Å². The first-order valence-electron chi connectivity index (χ1n) is 8.65. The molecule has 2 heterocycles. The fraction of sp³-hybridized carbons (Fsp3) is 0.450. The van der Waals surface area contributed by atoms with Gasteiger partial charge in [-0.25, -0.2) is 0 Å². The summed E-state index contributed by atoms with van der Waals surface area (Å²) in [5.74, 6) is 0.865. The molecule has 1 aliphatic rings. The molecule has 2 aromatic rings. The molecule has 0 radical (unpaired) electrons. The highest BCUT2D eigenvalue weighted by Crippen LogP contribution is 2.31. The third-order valence-corrected chi connectivity index (χ3v) is 4.66. The Labute approximate surface area is 149 Å². The van der Waals surface area contributed by atoms with Crippen LogP contribution in [0.1, 0.15) is 29.9 Å². The normalized spacial score (nSPS) is 20.6. The van der Waals surface area contributed by atoms with Gasteiger partial charge in [0.25, 0.3) is 5.91 Å². The Hall–Kier alpha value is -2.27. The summed E-state index contributed by atoms with van der Waals surface area (Å²) in [4.78, 5) is 15.2. The molecule has 0 aliphatic carbocycles. The largest absolute Gasteiger partial charge is 0.497 e. The molecule has 1 amide bonds. The van der Waals surface area contributed by atoms with Crippen LogP contribution in [0, 0.1) is 6.92 Å². The van der Waals surface area contributed by atoms with Crippen LogP contribution < -0.4 is 4.74 Å². The molecule has 1 fully saturated rings. The molecule has 2 unspecified atom stereocenters. The SMILES string of the molecule is COc1ccc(-c2c(C)cn(C)c2C(=O)N2CC(C)OC(C)C2)cc1. The summed E-state index contributed by atoms with van der Waals surface area (Å²) < 4.78 is 12.9. The molecule has 0 bridgehead atoms. The van der Waals surface area contributed by atoms with Gasteiger partial charge >= 0.3 is 0 Å². The van der Waals surface area contributed by atoms with Crippen LogP contribution in [-0.2, 0) is 11.8 Å². The van der Waals surface area contributed by atoms with E-state index in [-0.39, 0.29) is 18.1 Å². The zero-order valence-corrected chi connectivity index (χ0v) is 15.6. The van der Waals surface area contributed by atoms with E-state index in [2.05, 4.69) is 0 Å². The van der Waals surface area contributed by atoms with Crippen LogP contribution in [0.15, 0.2) is 30.5 Å². The number of ether oxygens (including phenoxy) is 2. The molecule has 0 N–H and O–H groups in total. The van der Waals surface area contributed by atoms with E-state index in [1.54, 1.807) is 7.11 Å². The summed E-state index contributed by atoms with van der Waals surface area (Å²) >= 11 is 0. The zero-order valence-electron chi connectivity index (χ0n) is 15.6. The summed E-state index contributed by atoms with van der Waals surface area (Å²) in [6.07, 6.45) is 2.12. The average molecular weight is 342 g/mol. The highest BCUT2D eigenvalue weighted by Gasteiger charge is 2.30. The lowest BCUT2D eigenvalue weighted by molar-refractivity contribution is -0.0588. The maximum Gasteiger partial charge on any atom is 0.271 e. The van der Waals surface area contributed by atoms with E-state index in [0.29, 0.717) is 13.1 Å². The van der Waals surface area contributed by atoms with E-state index in [9.17, 15) is 4.79 Å². The Balaban J connectivity index is 1.99. The second kappa shape index (κ2) is 6.92. The number of hydrogen-bond donors (Lipinski definition) is 0. The first kappa shape index (κ1) is 17.5. The number of aryl methyl sites for hydroxylation is 2. The minimum absolute atomic E-state index is 0.0542. The van der Waals surface area contributed by atoms with Crippen molar-refractivity contribution < 1.29 is 14.3 Å². The lowest BCUT2D eigenvalue weighted by Crippen LogP contribution is -2.48. The summed E-state index contributed by atoms with van der Waals surface area (Å²) in [5.41, 5.74) is 3.83. The second-order valence-electron chi connectivity index (χ2n) is 6.84. The number of carbonyl (C=O) groups is 1. The van der Waals surface area contributed by atoms with Gasteiger partial charge in [0.1, 0.15) is 11.4 Å². The van der Waals surface area contributed by atoms with Crippen molar-refractivity contribution >= 4 is 5.91 Å². The lowest BCUT2D eigenvalue weighted by atomic mass is 10.0. The fourth-order valence-corrected chi connectivity index (χ4v) is 3.66. The highest BCUT2D eigenvalue weighted by atomic mass is 16.5. The Bertz CT molecular complexity index is 754. The number of carbonyl (C=O) groups excluding carboxylic acids is 1. The lowest BCUT2D eigenvalue weighted by Gasteiger charge is -2.35. The number of benzene rings is 1. The van der Waals surface area contributed by atoms with E-state index in [0.717, 1.165) is 28.1 Å². The van der Waals surface area contributed by atoms with Gasteiger partial charge in [0.05, 0.1) is 19.3 Å². The van der Waals surface area contributed by atoms with Crippen LogP contribution in [-0.4, -0.2) is 47.8 Å². The molecule has 0 spiro atoms. The third kappa shape index (κ3) is 3.42. The smallest absolute Gasteiger partial charge is 0.271 e. The minimum atomic E-state index is 0.0542. The summed E-state index contributed by atoms with van der Waals surface area (Å²) in [5, 5.41) is 0.